The zero-order valence-corrected chi connectivity index (χ0v) is 16.1. The Balaban J connectivity index is 2.10. The lowest BCUT2D eigenvalue weighted by atomic mass is 10.1. The fourth-order valence-corrected chi connectivity index (χ4v) is 3.49. The monoisotopic (exact) mass is 399 g/mol. The summed E-state index contributed by atoms with van der Waals surface area (Å²) >= 11 is 3.39. The molecule has 25 heavy (non-hydrogen) atoms. The molecule has 0 radical (unpaired) electrons. The van der Waals surface area contributed by atoms with Crippen LogP contribution in [0.25, 0.3) is 11.0 Å². The molecule has 0 amide bonds. The first-order valence-electron chi connectivity index (χ1n) is 8.61. The van der Waals surface area contributed by atoms with Crippen LogP contribution in [0.2, 0.25) is 0 Å². The van der Waals surface area contributed by atoms with Crippen LogP contribution in [0.1, 0.15) is 36.2 Å². The van der Waals surface area contributed by atoms with E-state index in [-0.39, 0.29) is 12.3 Å². The van der Waals surface area contributed by atoms with Gasteiger partial charge in [0, 0.05) is 16.6 Å². The third kappa shape index (κ3) is 3.33. The topological polar surface area (TPSA) is 50.8 Å². The van der Waals surface area contributed by atoms with Crippen LogP contribution in [0.5, 0.6) is 0 Å². The molecule has 3 rings (SSSR count). The minimum absolute atomic E-state index is 0.0171. The second-order valence-electron chi connectivity index (χ2n) is 6.13. The summed E-state index contributed by atoms with van der Waals surface area (Å²) in [4.78, 5) is 12.7. The summed E-state index contributed by atoms with van der Waals surface area (Å²) < 4.78 is 4.81. The number of benzene rings is 2. The molecule has 0 saturated carbocycles. The van der Waals surface area contributed by atoms with Gasteiger partial charge < -0.3 is 9.13 Å². The Kier molecular flexibility index (Phi) is 5.23. The van der Waals surface area contributed by atoms with Crippen molar-refractivity contribution < 1.29 is 4.79 Å². The van der Waals surface area contributed by atoms with Gasteiger partial charge in [0.15, 0.2) is 5.78 Å². The molecule has 0 bridgehead atoms. The molecule has 0 aliphatic heterocycles. The van der Waals surface area contributed by atoms with Crippen LogP contribution in [0.4, 0.5) is 0 Å². The predicted molar refractivity (Wildman–Crippen MR) is 104 cm³/mol. The van der Waals surface area contributed by atoms with E-state index in [2.05, 4.69) is 35.8 Å². The van der Waals surface area contributed by atoms with Crippen molar-refractivity contribution in [2.45, 2.75) is 39.8 Å². The predicted octanol–water partition coefficient (Wildman–Crippen LogP) is 4.54. The van der Waals surface area contributed by atoms with Gasteiger partial charge in [-0.3, -0.25) is 10.2 Å². The van der Waals surface area contributed by atoms with E-state index in [0.29, 0.717) is 11.2 Å². The number of Topliss-reactive ketones (excluding diaryl/α,β-unsaturated/α-hetero) is 1. The number of rotatable bonds is 6. The number of ketones is 1. The molecule has 0 saturated heterocycles. The molecule has 2 aromatic carbocycles. The second kappa shape index (κ2) is 7.40. The number of imidazole rings is 1. The third-order valence-corrected chi connectivity index (χ3v) is 5.00. The lowest BCUT2D eigenvalue weighted by Gasteiger charge is -2.05. The number of aryl methyl sites for hydroxylation is 2. The van der Waals surface area contributed by atoms with E-state index in [1.165, 1.54) is 5.56 Å². The largest absolute Gasteiger partial charge is 0.310 e. The molecule has 1 heterocycles. The lowest BCUT2D eigenvalue weighted by molar-refractivity contribution is 0.0971. The Morgan fingerprint density at radius 3 is 2.44 bits per heavy atom. The van der Waals surface area contributed by atoms with E-state index in [9.17, 15) is 4.79 Å². The number of nitrogens with one attached hydrogen (secondary N) is 1. The Bertz CT molecular complexity index is 967. The minimum Gasteiger partial charge on any atom is -0.310 e. The standard InChI is InChI=1S/C20H22BrN3O/c1-3-12-23-19-14(4-2)6-5-7-17(19)24(20(23)22)13-18(25)15-8-10-16(21)11-9-15/h5-11,22H,3-4,12-13H2,1-2H3. The van der Waals surface area contributed by atoms with E-state index in [4.69, 9.17) is 5.41 Å². The number of fused-ring (bicyclic) bond motifs is 1. The second-order valence-corrected chi connectivity index (χ2v) is 7.05. The van der Waals surface area contributed by atoms with Crippen LogP contribution in [-0.4, -0.2) is 14.9 Å². The number of para-hydroxylation sites is 1. The molecule has 0 aliphatic rings. The Morgan fingerprint density at radius 2 is 1.80 bits per heavy atom. The average Bonchev–Trinajstić information content (AvgIpc) is 2.88. The van der Waals surface area contributed by atoms with Crippen molar-refractivity contribution in [3.05, 3.63) is 63.7 Å². The van der Waals surface area contributed by atoms with Crippen molar-refractivity contribution in [1.29, 1.82) is 5.41 Å². The summed E-state index contributed by atoms with van der Waals surface area (Å²) in [6, 6.07) is 13.5. The molecule has 1 N–H and O–H groups in total. The quantitative estimate of drug-likeness (QED) is 0.607. The maximum absolute atomic E-state index is 12.7. The molecule has 0 fully saturated rings. The highest BCUT2D eigenvalue weighted by Gasteiger charge is 2.16. The van der Waals surface area contributed by atoms with E-state index in [1.807, 2.05) is 45.5 Å². The minimum atomic E-state index is 0.0171. The maximum atomic E-state index is 12.7. The van der Waals surface area contributed by atoms with Gasteiger partial charge in [-0.25, -0.2) is 0 Å². The van der Waals surface area contributed by atoms with Gasteiger partial charge in [0.1, 0.15) is 0 Å². The van der Waals surface area contributed by atoms with Crippen molar-refractivity contribution in [3.8, 4) is 0 Å². The molecule has 130 valence electrons. The van der Waals surface area contributed by atoms with E-state index >= 15 is 0 Å². The van der Waals surface area contributed by atoms with E-state index in [0.717, 1.165) is 34.9 Å². The van der Waals surface area contributed by atoms with Gasteiger partial charge in [-0.05, 0) is 36.6 Å². The Morgan fingerprint density at radius 1 is 1.08 bits per heavy atom. The number of aromatic nitrogens is 2. The molecule has 4 nitrogen and oxygen atoms in total. The molecule has 1 aromatic heterocycles. The van der Waals surface area contributed by atoms with E-state index in [1.54, 1.807) is 0 Å². The fraction of sp³-hybridized carbons (Fsp3) is 0.300. The number of halogens is 1. The van der Waals surface area contributed by atoms with Gasteiger partial charge in [0.05, 0.1) is 17.6 Å². The van der Waals surface area contributed by atoms with Crippen molar-refractivity contribution in [2.24, 2.45) is 0 Å². The zero-order chi connectivity index (χ0) is 18.0. The molecule has 5 heteroatoms. The molecule has 0 atom stereocenters. The van der Waals surface area contributed by atoms with Gasteiger partial charge in [0.25, 0.3) is 0 Å². The van der Waals surface area contributed by atoms with Crippen LogP contribution in [0.15, 0.2) is 46.9 Å². The summed E-state index contributed by atoms with van der Waals surface area (Å²) in [5.41, 5.74) is 4.32. The number of hydrogen-bond donors (Lipinski definition) is 1. The average molecular weight is 400 g/mol. The highest BCUT2D eigenvalue weighted by Crippen LogP contribution is 2.20. The number of hydrogen-bond acceptors (Lipinski definition) is 2. The van der Waals surface area contributed by atoms with Crippen LogP contribution in [-0.2, 0) is 19.5 Å². The molecular weight excluding hydrogens is 378 g/mol. The van der Waals surface area contributed by atoms with Gasteiger partial charge in [0.2, 0.25) is 5.62 Å². The first kappa shape index (κ1) is 17.7. The van der Waals surface area contributed by atoms with Crippen LogP contribution >= 0.6 is 15.9 Å². The highest BCUT2D eigenvalue weighted by molar-refractivity contribution is 9.10. The molecular formula is C20H22BrN3O. The normalized spacial score (nSPS) is 11.2. The van der Waals surface area contributed by atoms with Crippen molar-refractivity contribution in [3.63, 3.8) is 0 Å². The summed E-state index contributed by atoms with van der Waals surface area (Å²) in [6.07, 6.45) is 1.86. The van der Waals surface area contributed by atoms with Crippen LogP contribution in [0, 0.1) is 5.41 Å². The number of carbonyl (C=O) groups excluding carboxylic acids is 1. The first-order valence-corrected chi connectivity index (χ1v) is 9.40. The summed E-state index contributed by atoms with van der Waals surface area (Å²) in [7, 11) is 0. The fourth-order valence-electron chi connectivity index (χ4n) is 3.23. The summed E-state index contributed by atoms with van der Waals surface area (Å²) in [5.74, 6) is 0.0171. The van der Waals surface area contributed by atoms with Crippen LogP contribution in [0.3, 0.4) is 0 Å². The molecule has 3 aromatic rings. The smallest absolute Gasteiger partial charge is 0.203 e. The lowest BCUT2D eigenvalue weighted by Crippen LogP contribution is -2.27. The van der Waals surface area contributed by atoms with Gasteiger partial charge in [-0.15, -0.1) is 0 Å². The van der Waals surface area contributed by atoms with Gasteiger partial charge in [-0.2, -0.15) is 0 Å². The SMILES string of the molecule is CCCn1c(=N)n(CC(=O)c2ccc(Br)cc2)c2cccc(CC)c21. The first-order chi connectivity index (χ1) is 12.1. The molecule has 0 spiro atoms. The third-order valence-electron chi connectivity index (χ3n) is 4.47. The van der Waals surface area contributed by atoms with Gasteiger partial charge >= 0.3 is 0 Å². The Labute approximate surface area is 155 Å². The molecule has 0 aliphatic carbocycles. The zero-order valence-electron chi connectivity index (χ0n) is 14.6. The summed E-state index contributed by atoms with van der Waals surface area (Å²) in [5, 5.41) is 8.61. The number of nitrogens with zero attached hydrogens (tertiary/aromatic N) is 2. The Hall–Kier alpha value is -2.14. The van der Waals surface area contributed by atoms with Crippen molar-refractivity contribution in [2.75, 3.05) is 0 Å². The highest BCUT2D eigenvalue weighted by atomic mass is 79.9. The summed E-state index contributed by atoms with van der Waals surface area (Å²) in [6.45, 7) is 5.20. The number of carbonyl (C=O) groups is 1. The maximum Gasteiger partial charge on any atom is 0.203 e. The van der Waals surface area contributed by atoms with Crippen molar-refractivity contribution >= 4 is 32.7 Å². The molecule has 0 unspecified atom stereocenters. The van der Waals surface area contributed by atoms with Crippen molar-refractivity contribution in [1.82, 2.24) is 9.13 Å². The van der Waals surface area contributed by atoms with Crippen LogP contribution < -0.4 is 5.62 Å². The van der Waals surface area contributed by atoms with E-state index < -0.39 is 0 Å². The van der Waals surface area contributed by atoms with Gasteiger partial charge in [-0.1, -0.05) is 54.0 Å².